The van der Waals surface area contributed by atoms with E-state index in [1.807, 2.05) is 48.8 Å². The minimum atomic E-state index is 0.254. The van der Waals surface area contributed by atoms with Crippen molar-refractivity contribution in [3.63, 3.8) is 0 Å². The predicted molar refractivity (Wildman–Crippen MR) is 86.4 cm³/mol. The molecule has 1 fully saturated rings. The van der Waals surface area contributed by atoms with Crippen LogP contribution < -0.4 is 5.32 Å². The van der Waals surface area contributed by atoms with Gasteiger partial charge in [-0.3, -0.25) is 0 Å². The van der Waals surface area contributed by atoms with E-state index in [4.69, 9.17) is 23.2 Å². The van der Waals surface area contributed by atoms with Crippen molar-refractivity contribution in [3.05, 3.63) is 33.8 Å². The molecule has 1 aromatic rings. The maximum atomic E-state index is 6.32. The highest BCUT2D eigenvalue weighted by Gasteiger charge is 2.31. The van der Waals surface area contributed by atoms with Gasteiger partial charge in [0.05, 0.1) is 0 Å². The SMILES string of the molecule is CNC(c1cc(Cl)ccc1Cl)C1SCCSC1C. The molecule has 1 aliphatic heterocycles. The van der Waals surface area contributed by atoms with Crippen molar-refractivity contribution in [2.75, 3.05) is 18.6 Å². The van der Waals surface area contributed by atoms with Crippen molar-refractivity contribution in [1.29, 1.82) is 0 Å². The molecule has 0 aliphatic carbocycles. The topological polar surface area (TPSA) is 12.0 Å². The maximum absolute atomic E-state index is 6.32. The van der Waals surface area contributed by atoms with Gasteiger partial charge in [-0.1, -0.05) is 30.1 Å². The molecule has 18 heavy (non-hydrogen) atoms. The molecule has 3 unspecified atom stereocenters. The van der Waals surface area contributed by atoms with Crippen LogP contribution in [0.3, 0.4) is 0 Å². The highest BCUT2D eigenvalue weighted by molar-refractivity contribution is 8.07. The summed E-state index contributed by atoms with van der Waals surface area (Å²) in [6, 6.07) is 5.96. The van der Waals surface area contributed by atoms with Crippen LogP contribution in [0.1, 0.15) is 18.5 Å². The molecule has 1 N–H and O–H groups in total. The first-order valence-electron chi connectivity index (χ1n) is 5.99. The van der Waals surface area contributed by atoms with Crippen molar-refractivity contribution >= 4 is 46.7 Å². The molecule has 1 saturated heterocycles. The number of halogens is 2. The average Bonchev–Trinajstić information content (AvgIpc) is 2.36. The van der Waals surface area contributed by atoms with Crippen LogP contribution in [-0.2, 0) is 0 Å². The molecule has 2 rings (SSSR count). The number of thioether (sulfide) groups is 2. The van der Waals surface area contributed by atoms with Gasteiger partial charge in [-0.05, 0) is 30.8 Å². The van der Waals surface area contributed by atoms with E-state index in [1.165, 1.54) is 11.5 Å². The third kappa shape index (κ3) is 3.31. The second-order valence-electron chi connectivity index (χ2n) is 4.34. The molecule has 3 atom stereocenters. The van der Waals surface area contributed by atoms with Crippen molar-refractivity contribution < 1.29 is 0 Å². The third-order valence-electron chi connectivity index (χ3n) is 3.17. The summed E-state index contributed by atoms with van der Waals surface area (Å²) in [6.07, 6.45) is 0. The molecule has 0 amide bonds. The Morgan fingerprint density at radius 3 is 2.67 bits per heavy atom. The molecule has 0 saturated carbocycles. The largest absolute Gasteiger partial charge is 0.312 e. The Balaban J connectivity index is 2.29. The van der Waals surface area contributed by atoms with E-state index in [-0.39, 0.29) is 6.04 Å². The van der Waals surface area contributed by atoms with E-state index >= 15 is 0 Å². The molecule has 0 spiro atoms. The number of hydrogen-bond acceptors (Lipinski definition) is 3. The molecular formula is C13H17Cl2NS2. The van der Waals surface area contributed by atoms with Crippen LogP contribution in [0.25, 0.3) is 0 Å². The molecular weight excluding hydrogens is 305 g/mol. The maximum Gasteiger partial charge on any atom is 0.0464 e. The van der Waals surface area contributed by atoms with Gasteiger partial charge in [0.15, 0.2) is 0 Å². The van der Waals surface area contributed by atoms with Gasteiger partial charge in [0.1, 0.15) is 0 Å². The fourth-order valence-corrected chi connectivity index (χ4v) is 5.66. The summed E-state index contributed by atoms with van der Waals surface area (Å²) in [7, 11) is 1.99. The summed E-state index contributed by atoms with van der Waals surface area (Å²) in [5, 5.41) is 6.10. The first-order valence-corrected chi connectivity index (χ1v) is 8.84. The fraction of sp³-hybridized carbons (Fsp3) is 0.538. The Kier molecular flexibility index (Phi) is 5.58. The Hall–Kier alpha value is 0.460. The Labute approximate surface area is 127 Å². The molecule has 1 aromatic carbocycles. The molecule has 5 heteroatoms. The monoisotopic (exact) mass is 321 g/mol. The lowest BCUT2D eigenvalue weighted by atomic mass is 10.0. The molecule has 0 aromatic heterocycles. The second-order valence-corrected chi connectivity index (χ2v) is 7.96. The zero-order valence-corrected chi connectivity index (χ0v) is 13.6. The quantitative estimate of drug-likeness (QED) is 0.880. The first kappa shape index (κ1) is 14.9. The number of benzene rings is 1. The van der Waals surface area contributed by atoms with Gasteiger partial charge in [-0.15, -0.1) is 0 Å². The summed E-state index contributed by atoms with van der Waals surface area (Å²) in [5.41, 5.74) is 1.11. The zero-order chi connectivity index (χ0) is 13.1. The molecule has 1 aliphatic rings. The van der Waals surface area contributed by atoms with Gasteiger partial charge >= 0.3 is 0 Å². The van der Waals surface area contributed by atoms with Gasteiger partial charge in [0, 0.05) is 38.1 Å². The van der Waals surface area contributed by atoms with Crippen LogP contribution >= 0.6 is 46.7 Å². The van der Waals surface area contributed by atoms with Crippen LogP contribution in [0, 0.1) is 0 Å². The second kappa shape index (κ2) is 6.76. The fourth-order valence-electron chi connectivity index (χ4n) is 2.27. The molecule has 1 heterocycles. The summed E-state index contributed by atoms with van der Waals surface area (Å²) in [5.74, 6) is 2.44. The Bertz CT molecular complexity index is 414. The Morgan fingerprint density at radius 1 is 1.28 bits per heavy atom. The van der Waals surface area contributed by atoms with Gasteiger partial charge in [0.25, 0.3) is 0 Å². The molecule has 1 nitrogen and oxygen atoms in total. The van der Waals surface area contributed by atoms with Crippen molar-refractivity contribution in [3.8, 4) is 0 Å². The van der Waals surface area contributed by atoms with E-state index in [0.29, 0.717) is 10.5 Å². The minimum Gasteiger partial charge on any atom is -0.312 e. The highest BCUT2D eigenvalue weighted by Crippen LogP contribution is 2.40. The third-order valence-corrected chi connectivity index (χ3v) is 6.94. The minimum absolute atomic E-state index is 0.254. The normalized spacial score (nSPS) is 26.0. The lowest BCUT2D eigenvalue weighted by molar-refractivity contribution is 0.561. The average molecular weight is 322 g/mol. The van der Waals surface area contributed by atoms with E-state index < -0.39 is 0 Å². The molecule has 100 valence electrons. The van der Waals surface area contributed by atoms with Gasteiger partial charge in [-0.2, -0.15) is 23.5 Å². The summed E-state index contributed by atoms with van der Waals surface area (Å²) < 4.78 is 0. The van der Waals surface area contributed by atoms with E-state index in [1.54, 1.807) is 0 Å². The van der Waals surface area contributed by atoms with E-state index in [0.717, 1.165) is 15.6 Å². The lowest BCUT2D eigenvalue weighted by Crippen LogP contribution is -2.36. The van der Waals surface area contributed by atoms with Crippen molar-refractivity contribution in [2.45, 2.75) is 23.5 Å². The van der Waals surface area contributed by atoms with Gasteiger partial charge in [-0.25, -0.2) is 0 Å². The van der Waals surface area contributed by atoms with Crippen LogP contribution in [-0.4, -0.2) is 29.1 Å². The van der Waals surface area contributed by atoms with E-state index in [2.05, 4.69) is 12.2 Å². The van der Waals surface area contributed by atoms with Crippen molar-refractivity contribution in [2.24, 2.45) is 0 Å². The van der Waals surface area contributed by atoms with Crippen LogP contribution in [0.2, 0.25) is 10.0 Å². The van der Waals surface area contributed by atoms with E-state index in [9.17, 15) is 0 Å². The predicted octanol–water partition coefficient (Wildman–Crippen LogP) is 4.49. The summed E-state index contributed by atoms with van der Waals surface area (Å²) in [4.78, 5) is 0. The summed E-state index contributed by atoms with van der Waals surface area (Å²) >= 11 is 16.5. The van der Waals surface area contributed by atoms with Crippen LogP contribution in [0.15, 0.2) is 18.2 Å². The molecule has 0 bridgehead atoms. The van der Waals surface area contributed by atoms with Gasteiger partial charge < -0.3 is 5.32 Å². The van der Waals surface area contributed by atoms with Crippen molar-refractivity contribution in [1.82, 2.24) is 5.32 Å². The lowest BCUT2D eigenvalue weighted by Gasteiger charge is -2.35. The summed E-state index contributed by atoms with van der Waals surface area (Å²) in [6.45, 7) is 2.30. The van der Waals surface area contributed by atoms with Crippen LogP contribution in [0.5, 0.6) is 0 Å². The number of nitrogens with one attached hydrogen (secondary N) is 1. The van der Waals surface area contributed by atoms with Gasteiger partial charge in [0.2, 0.25) is 0 Å². The van der Waals surface area contributed by atoms with Crippen LogP contribution in [0.4, 0.5) is 0 Å². The highest BCUT2D eigenvalue weighted by atomic mass is 35.5. The standard InChI is InChI=1S/C13H17Cl2NS2/c1-8-13(18-6-5-17-8)12(16-2)10-7-9(14)3-4-11(10)15/h3-4,7-8,12-13,16H,5-6H2,1-2H3. The smallest absolute Gasteiger partial charge is 0.0464 e. The first-order chi connectivity index (χ1) is 8.63. The Morgan fingerprint density at radius 2 is 2.00 bits per heavy atom. The zero-order valence-electron chi connectivity index (χ0n) is 10.5. The number of rotatable bonds is 3. The number of hydrogen-bond donors (Lipinski definition) is 1. The molecule has 0 radical (unpaired) electrons.